The van der Waals surface area contributed by atoms with Crippen LogP contribution < -0.4 is 10.7 Å². The van der Waals surface area contributed by atoms with Gasteiger partial charge in [0, 0.05) is 5.56 Å². The fourth-order valence-corrected chi connectivity index (χ4v) is 2.63. The zero-order valence-electron chi connectivity index (χ0n) is 12.6. The van der Waals surface area contributed by atoms with Crippen molar-refractivity contribution in [2.45, 2.75) is 25.9 Å². The lowest BCUT2D eigenvalue weighted by molar-refractivity contribution is 0.0977. The largest absolute Gasteiger partial charge is 0.298 e. The van der Waals surface area contributed by atoms with E-state index in [1.165, 1.54) is 11.8 Å². The molecule has 8 heteroatoms. The van der Waals surface area contributed by atoms with E-state index in [9.17, 15) is 4.79 Å². The maximum absolute atomic E-state index is 12.1. The Bertz CT molecular complexity index is 698. The number of amides is 1. The van der Waals surface area contributed by atoms with Crippen molar-refractivity contribution in [2.75, 3.05) is 11.2 Å². The van der Waals surface area contributed by atoms with Gasteiger partial charge >= 0.3 is 0 Å². The van der Waals surface area contributed by atoms with Gasteiger partial charge in [0.1, 0.15) is 5.82 Å². The second-order valence-corrected chi connectivity index (χ2v) is 6.20. The van der Waals surface area contributed by atoms with E-state index >= 15 is 0 Å². The number of aryl methyl sites for hydroxylation is 2. The standard InChI is InChI=1S/C14H17N5OS2/c1-4-22-14-17-16-10(3)19(14)18-13(21)15-12(20)11-7-5-6-9(2)8-11/h5-8H,4H2,1-3H3,(H2,15,18,20,21). The first-order valence-corrected chi connectivity index (χ1v) is 8.14. The number of hydrogen-bond acceptors (Lipinski definition) is 5. The molecule has 1 aromatic carbocycles. The molecule has 0 aliphatic rings. The summed E-state index contributed by atoms with van der Waals surface area (Å²) in [5, 5.41) is 11.6. The molecule has 0 aliphatic carbocycles. The number of carbonyl (C=O) groups excluding carboxylic acids is 1. The van der Waals surface area contributed by atoms with Crippen LogP contribution in [0.4, 0.5) is 0 Å². The van der Waals surface area contributed by atoms with E-state index in [1.807, 2.05) is 32.9 Å². The topological polar surface area (TPSA) is 71.8 Å². The highest BCUT2D eigenvalue weighted by molar-refractivity contribution is 7.99. The van der Waals surface area contributed by atoms with E-state index in [4.69, 9.17) is 12.2 Å². The molecule has 22 heavy (non-hydrogen) atoms. The molecule has 116 valence electrons. The summed E-state index contributed by atoms with van der Waals surface area (Å²) in [6.07, 6.45) is 0. The zero-order chi connectivity index (χ0) is 16.1. The van der Waals surface area contributed by atoms with Gasteiger partial charge in [-0.05, 0) is 44.0 Å². The number of rotatable bonds is 4. The molecule has 0 saturated carbocycles. The molecule has 0 radical (unpaired) electrons. The number of hydrogen-bond donors (Lipinski definition) is 2. The Morgan fingerprint density at radius 1 is 1.36 bits per heavy atom. The zero-order valence-corrected chi connectivity index (χ0v) is 14.2. The van der Waals surface area contributed by atoms with E-state index in [0.29, 0.717) is 16.5 Å². The van der Waals surface area contributed by atoms with Crippen LogP contribution in [0, 0.1) is 13.8 Å². The minimum absolute atomic E-state index is 0.201. The Kier molecular flexibility index (Phi) is 5.51. The minimum atomic E-state index is -0.253. The van der Waals surface area contributed by atoms with Crippen LogP contribution in [0.3, 0.4) is 0 Å². The molecule has 1 aromatic heterocycles. The van der Waals surface area contributed by atoms with Gasteiger partial charge in [0.15, 0.2) is 5.11 Å². The lowest BCUT2D eigenvalue weighted by Gasteiger charge is -2.12. The molecule has 2 rings (SSSR count). The molecular weight excluding hydrogens is 318 g/mol. The molecule has 6 nitrogen and oxygen atoms in total. The molecule has 2 N–H and O–H groups in total. The summed E-state index contributed by atoms with van der Waals surface area (Å²) in [5.74, 6) is 1.28. The van der Waals surface area contributed by atoms with Crippen LogP contribution in [0.25, 0.3) is 0 Å². The van der Waals surface area contributed by atoms with Crippen molar-refractivity contribution < 1.29 is 4.79 Å². The molecule has 0 spiro atoms. The SMILES string of the molecule is CCSc1nnc(C)n1NC(=S)NC(=O)c1cccc(C)c1. The van der Waals surface area contributed by atoms with E-state index in [0.717, 1.165) is 11.3 Å². The fraction of sp³-hybridized carbons (Fsp3) is 0.286. The number of thioether (sulfide) groups is 1. The van der Waals surface area contributed by atoms with Crippen molar-refractivity contribution >= 4 is 35.0 Å². The molecule has 0 fully saturated rings. The highest BCUT2D eigenvalue weighted by Crippen LogP contribution is 2.14. The van der Waals surface area contributed by atoms with Gasteiger partial charge in [-0.25, -0.2) is 4.68 Å². The number of nitrogens with one attached hydrogen (secondary N) is 2. The predicted octanol–water partition coefficient (Wildman–Crippen LogP) is 2.27. The smallest absolute Gasteiger partial charge is 0.257 e. The number of thiocarbonyl (C=S) groups is 1. The van der Waals surface area contributed by atoms with Gasteiger partial charge in [-0.3, -0.25) is 15.5 Å². The van der Waals surface area contributed by atoms with E-state index in [1.54, 1.807) is 16.8 Å². The molecular formula is C14H17N5OS2. The van der Waals surface area contributed by atoms with Crippen molar-refractivity contribution in [3.8, 4) is 0 Å². The normalized spacial score (nSPS) is 10.3. The molecule has 2 aromatic rings. The second kappa shape index (κ2) is 7.37. The summed E-state index contributed by atoms with van der Waals surface area (Å²) >= 11 is 6.72. The van der Waals surface area contributed by atoms with Crippen LogP contribution in [0.15, 0.2) is 29.4 Å². The number of benzene rings is 1. The van der Waals surface area contributed by atoms with Crippen molar-refractivity contribution in [3.63, 3.8) is 0 Å². The summed E-state index contributed by atoms with van der Waals surface area (Å²) in [5.41, 5.74) is 4.51. The third kappa shape index (κ3) is 4.05. The Balaban J connectivity index is 2.04. The van der Waals surface area contributed by atoms with Crippen LogP contribution in [-0.4, -0.2) is 31.6 Å². The lowest BCUT2D eigenvalue weighted by atomic mass is 10.1. The van der Waals surface area contributed by atoms with Crippen LogP contribution in [-0.2, 0) is 0 Å². The Hall–Kier alpha value is -1.93. The van der Waals surface area contributed by atoms with E-state index in [-0.39, 0.29) is 11.0 Å². The Labute approximate surface area is 138 Å². The monoisotopic (exact) mass is 335 g/mol. The van der Waals surface area contributed by atoms with Gasteiger partial charge in [0.25, 0.3) is 5.91 Å². The first-order valence-electron chi connectivity index (χ1n) is 6.75. The fourth-order valence-electron chi connectivity index (χ4n) is 1.79. The maximum atomic E-state index is 12.1. The summed E-state index contributed by atoms with van der Waals surface area (Å²) < 4.78 is 1.66. The van der Waals surface area contributed by atoms with Gasteiger partial charge in [-0.2, -0.15) is 0 Å². The molecule has 0 bridgehead atoms. The van der Waals surface area contributed by atoms with E-state index < -0.39 is 0 Å². The highest BCUT2D eigenvalue weighted by Gasteiger charge is 2.12. The third-order valence-corrected chi connectivity index (χ3v) is 3.79. The third-order valence-electron chi connectivity index (χ3n) is 2.79. The van der Waals surface area contributed by atoms with Crippen LogP contribution in [0.1, 0.15) is 28.7 Å². The van der Waals surface area contributed by atoms with Crippen LogP contribution in [0.2, 0.25) is 0 Å². The van der Waals surface area contributed by atoms with Gasteiger partial charge in [0.2, 0.25) is 5.16 Å². The summed E-state index contributed by atoms with van der Waals surface area (Å²) in [4.78, 5) is 12.1. The summed E-state index contributed by atoms with van der Waals surface area (Å²) in [6, 6.07) is 7.32. The van der Waals surface area contributed by atoms with Crippen LogP contribution >= 0.6 is 24.0 Å². The predicted molar refractivity (Wildman–Crippen MR) is 91.8 cm³/mol. The lowest BCUT2D eigenvalue weighted by Crippen LogP contribution is -2.38. The summed E-state index contributed by atoms with van der Waals surface area (Å²) in [6.45, 7) is 5.77. The van der Waals surface area contributed by atoms with Crippen LogP contribution in [0.5, 0.6) is 0 Å². The Morgan fingerprint density at radius 2 is 2.14 bits per heavy atom. The Morgan fingerprint density at radius 3 is 2.82 bits per heavy atom. The number of nitrogens with zero attached hydrogens (tertiary/aromatic N) is 3. The van der Waals surface area contributed by atoms with Crippen molar-refractivity contribution in [3.05, 3.63) is 41.2 Å². The number of aromatic nitrogens is 3. The molecule has 0 aliphatic heterocycles. The minimum Gasteiger partial charge on any atom is -0.298 e. The maximum Gasteiger partial charge on any atom is 0.257 e. The van der Waals surface area contributed by atoms with Gasteiger partial charge < -0.3 is 0 Å². The second-order valence-electron chi connectivity index (χ2n) is 4.56. The molecule has 0 unspecified atom stereocenters. The molecule has 1 heterocycles. The highest BCUT2D eigenvalue weighted by atomic mass is 32.2. The first kappa shape index (κ1) is 16.4. The van der Waals surface area contributed by atoms with E-state index in [2.05, 4.69) is 20.9 Å². The van der Waals surface area contributed by atoms with Crippen molar-refractivity contribution in [2.24, 2.45) is 0 Å². The average molecular weight is 335 g/mol. The molecule has 0 atom stereocenters. The number of carbonyl (C=O) groups is 1. The molecule has 1 amide bonds. The van der Waals surface area contributed by atoms with Gasteiger partial charge in [-0.15, -0.1) is 10.2 Å². The first-order chi connectivity index (χ1) is 10.5. The average Bonchev–Trinajstić information content (AvgIpc) is 2.80. The van der Waals surface area contributed by atoms with Gasteiger partial charge in [-0.1, -0.05) is 36.4 Å². The van der Waals surface area contributed by atoms with Crippen molar-refractivity contribution in [1.29, 1.82) is 0 Å². The molecule has 0 saturated heterocycles. The summed E-state index contributed by atoms with van der Waals surface area (Å²) in [7, 11) is 0. The van der Waals surface area contributed by atoms with Gasteiger partial charge in [0.05, 0.1) is 0 Å². The quantitative estimate of drug-likeness (QED) is 0.660. The van der Waals surface area contributed by atoms with Crippen molar-refractivity contribution in [1.82, 2.24) is 20.2 Å².